The van der Waals surface area contributed by atoms with Gasteiger partial charge in [0.05, 0.1) is 11.6 Å². The smallest absolute Gasteiger partial charge is 0.412 e. The van der Waals surface area contributed by atoms with Crippen LogP contribution >= 0.6 is 0 Å². The topological polar surface area (TPSA) is 59.6 Å². The van der Waals surface area contributed by atoms with Gasteiger partial charge in [-0.1, -0.05) is 6.07 Å². The first kappa shape index (κ1) is 17.8. The van der Waals surface area contributed by atoms with Gasteiger partial charge in [0.25, 0.3) is 0 Å². The van der Waals surface area contributed by atoms with Gasteiger partial charge in [-0.25, -0.2) is 4.79 Å². The Hall–Kier alpha value is -1.59. The maximum absolute atomic E-state index is 11.8. The molecule has 1 amide bonds. The standard InChI is InChI=1S/C18H28N2O3/c1-17(2,3)22-16(21)19-13-8-9-14-12(11-13)7-10-15(14)20-23-18(4,5)6/h8-9,11,15,20H,7,10H2,1-6H3,(H,19,21). The van der Waals surface area contributed by atoms with Crippen molar-refractivity contribution in [2.75, 3.05) is 5.32 Å². The van der Waals surface area contributed by atoms with E-state index >= 15 is 0 Å². The molecule has 128 valence electrons. The maximum Gasteiger partial charge on any atom is 0.412 e. The summed E-state index contributed by atoms with van der Waals surface area (Å²) in [4.78, 5) is 17.5. The Morgan fingerprint density at radius 2 is 1.83 bits per heavy atom. The number of benzene rings is 1. The van der Waals surface area contributed by atoms with E-state index in [-0.39, 0.29) is 11.6 Å². The monoisotopic (exact) mass is 320 g/mol. The first-order valence-electron chi connectivity index (χ1n) is 8.10. The van der Waals surface area contributed by atoms with Crippen LogP contribution < -0.4 is 10.8 Å². The second-order valence-corrected chi connectivity index (χ2v) is 7.96. The van der Waals surface area contributed by atoms with Crippen molar-refractivity contribution in [2.24, 2.45) is 0 Å². The lowest BCUT2D eigenvalue weighted by Crippen LogP contribution is -2.31. The van der Waals surface area contributed by atoms with E-state index in [0.29, 0.717) is 0 Å². The van der Waals surface area contributed by atoms with Gasteiger partial charge < -0.3 is 4.74 Å². The number of carbonyl (C=O) groups excluding carboxylic acids is 1. The number of fused-ring (bicyclic) bond motifs is 1. The summed E-state index contributed by atoms with van der Waals surface area (Å²) in [6, 6.07) is 6.15. The van der Waals surface area contributed by atoms with Crippen LogP contribution in [0.15, 0.2) is 18.2 Å². The summed E-state index contributed by atoms with van der Waals surface area (Å²) in [5.41, 5.74) is 5.65. The number of amides is 1. The van der Waals surface area contributed by atoms with Gasteiger partial charge in [-0.15, -0.1) is 0 Å². The number of rotatable bonds is 3. The van der Waals surface area contributed by atoms with E-state index < -0.39 is 11.7 Å². The van der Waals surface area contributed by atoms with Crippen LogP contribution in [0.1, 0.15) is 65.1 Å². The summed E-state index contributed by atoms with van der Waals surface area (Å²) in [6.45, 7) is 11.6. The molecule has 5 heteroatoms. The number of carbonyl (C=O) groups is 1. The van der Waals surface area contributed by atoms with E-state index in [4.69, 9.17) is 9.57 Å². The molecule has 0 aromatic heterocycles. The van der Waals surface area contributed by atoms with E-state index in [2.05, 4.69) is 10.8 Å². The summed E-state index contributed by atoms with van der Waals surface area (Å²) in [5.74, 6) is 0. The summed E-state index contributed by atoms with van der Waals surface area (Å²) < 4.78 is 5.28. The number of hydroxylamine groups is 1. The molecular formula is C18H28N2O3. The van der Waals surface area contributed by atoms with Crippen LogP contribution in [0.2, 0.25) is 0 Å². The molecule has 0 saturated carbocycles. The number of hydrogen-bond donors (Lipinski definition) is 2. The van der Waals surface area contributed by atoms with Gasteiger partial charge in [0.2, 0.25) is 0 Å². The minimum absolute atomic E-state index is 0.194. The van der Waals surface area contributed by atoms with Crippen LogP contribution in [0.5, 0.6) is 0 Å². The lowest BCUT2D eigenvalue weighted by Gasteiger charge is -2.23. The average molecular weight is 320 g/mol. The van der Waals surface area contributed by atoms with E-state index in [1.807, 2.05) is 59.7 Å². The van der Waals surface area contributed by atoms with E-state index in [1.54, 1.807) is 0 Å². The summed E-state index contributed by atoms with van der Waals surface area (Å²) in [5, 5.41) is 2.79. The van der Waals surface area contributed by atoms with Crippen LogP contribution in [0.4, 0.5) is 10.5 Å². The predicted molar refractivity (Wildman–Crippen MR) is 91.3 cm³/mol. The van der Waals surface area contributed by atoms with Crippen LogP contribution in [0.25, 0.3) is 0 Å². The fraction of sp³-hybridized carbons (Fsp3) is 0.611. The van der Waals surface area contributed by atoms with Crippen molar-refractivity contribution in [1.29, 1.82) is 0 Å². The van der Waals surface area contributed by atoms with Crippen molar-refractivity contribution < 1.29 is 14.4 Å². The van der Waals surface area contributed by atoms with E-state index in [0.717, 1.165) is 18.5 Å². The van der Waals surface area contributed by atoms with Gasteiger partial charge in [0.1, 0.15) is 5.60 Å². The fourth-order valence-corrected chi connectivity index (χ4v) is 2.49. The molecule has 1 aliphatic rings. The van der Waals surface area contributed by atoms with Gasteiger partial charge >= 0.3 is 6.09 Å². The average Bonchev–Trinajstić information content (AvgIpc) is 2.75. The molecule has 2 N–H and O–H groups in total. The number of aryl methyl sites for hydroxylation is 1. The minimum Gasteiger partial charge on any atom is -0.444 e. The Balaban J connectivity index is 2.00. The molecule has 1 unspecified atom stereocenters. The molecule has 0 bridgehead atoms. The van der Waals surface area contributed by atoms with Crippen LogP contribution in [0, 0.1) is 0 Å². The lowest BCUT2D eigenvalue weighted by atomic mass is 10.1. The van der Waals surface area contributed by atoms with Crippen molar-refractivity contribution in [3.8, 4) is 0 Å². The molecule has 0 saturated heterocycles. The quantitative estimate of drug-likeness (QED) is 0.813. The molecular weight excluding hydrogens is 292 g/mol. The van der Waals surface area contributed by atoms with Gasteiger partial charge in [-0.05, 0) is 77.6 Å². The zero-order valence-corrected chi connectivity index (χ0v) is 14.9. The summed E-state index contributed by atoms with van der Waals surface area (Å²) >= 11 is 0. The minimum atomic E-state index is -0.500. The van der Waals surface area contributed by atoms with Crippen molar-refractivity contribution in [3.63, 3.8) is 0 Å². The third kappa shape index (κ3) is 5.52. The first-order valence-corrected chi connectivity index (χ1v) is 8.10. The molecule has 1 aromatic carbocycles. The van der Waals surface area contributed by atoms with E-state index in [9.17, 15) is 4.79 Å². The highest BCUT2D eigenvalue weighted by atomic mass is 16.7. The summed E-state index contributed by atoms with van der Waals surface area (Å²) in [6.07, 6.45) is 1.52. The molecule has 5 nitrogen and oxygen atoms in total. The highest BCUT2D eigenvalue weighted by Gasteiger charge is 2.25. The van der Waals surface area contributed by atoms with Crippen LogP contribution in [-0.4, -0.2) is 17.3 Å². The molecule has 2 rings (SSSR count). The normalized spacial score (nSPS) is 17.7. The molecule has 23 heavy (non-hydrogen) atoms. The molecule has 0 heterocycles. The zero-order chi connectivity index (χ0) is 17.3. The second-order valence-electron chi connectivity index (χ2n) is 7.96. The number of hydrogen-bond acceptors (Lipinski definition) is 4. The lowest BCUT2D eigenvalue weighted by molar-refractivity contribution is -0.0888. The first-order chi connectivity index (χ1) is 10.5. The Morgan fingerprint density at radius 1 is 1.13 bits per heavy atom. The van der Waals surface area contributed by atoms with Crippen LogP contribution in [0.3, 0.4) is 0 Å². The molecule has 0 fully saturated rings. The SMILES string of the molecule is CC(C)(C)ONC1CCc2cc(NC(=O)OC(C)(C)C)ccc21. The zero-order valence-electron chi connectivity index (χ0n) is 14.9. The third-order valence-corrected chi connectivity index (χ3v) is 3.37. The molecule has 0 radical (unpaired) electrons. The number of ether oxygens (including phenoxy) is 1. The number of nitrogens with one attached hydrogen (secondary N) is 2. The molecule has 0 aliphatic heterocycles. The largest absolute Gasteiger partial charge is 0.444 e. The van der Waals surface area contributed by atoms with E-state index in [1.165, 1.54) is 11.1 Å². The van der Waals surface area contributed by atoms with Gasteiger partial charge in [0, 0.05) is 5.69 Å². The molecule has 1 aliphatic carbocycles. The Kier molecular flexibility index (Phi) is 5.01. The van der Waals surface area contributed by atoms with Crippen molar-refractivity contribution >= 4 is 11.8 Å². The van der Waals surface area contributed by atoms with Crippen molar-refractivity contribution in [3.05, 3.63) is 29.3 Å². The maximum atomic E-state index is 11.8. The molecule has 0 spiro atoms. The Labute approximate surface area is 138 Å². The summed E-state index contributed by atoms with van der Waals surface area (Å²) in [7, 11) is 0. The van der Waals surface area contributed by atoms with Gasteiger partial charge in [0.15, 0.2) is 0 Å². The number of anilines is 1. The third-order valence-electron chi connectivity index (χ3n) is 3.37. The highest BCUT2D eigenvalue weighted by Crippen LogP contribution is 2.33. The van der Waals surface area contributed by atoms with Gasteiger partial charge in [-0.3, -0.25) is 10.2 Å². The van der Waals surface area contributed by atoms with Gasteiger partial charge in [-0.2, -0.15) is 5.48 Å². The van der Waals surface area contributed by atoms with Crippen LogP contribution in [-0.2, 0) is 16.0 Å². The second kappa shape index (κ2) is 6.49. The van der Waals surface area contributed by atoms with Crippen molar-refractivity contribution in [1.82, 2.24) is 5.48 Å². The predicted octanol–water partition coefficient (Wildman–Crippen LogP) is 4.34. The van der Waals surface area contributed by atoms with Crippen molar-refractivity contribution in [2.45, 2.75) is 71.6 Å². The molecule has 1 atom stereocenters. The molecule has 1 aromatic rings. The Bertz CT molecular complexity index is 571. The fourth-order valence-electron chi connectivity index (χ4n) is 2.49. The Morgan fingerprint density at radius 3 is 2.43 bits per heavy atom. The highest BCUT2D eigenvalue weighted by molar-refractivity contribution is 5.85.